The zero-order chi connectivity index (χ0) is 24.7. The van der Waals surface area contributed by atoms with Gasteiger partial charge >= 0.3 is 0 Å². The number of ether oxygens (including phenoxy) is 1. The van der Waals surface area contributed by atoms with Crippen LogP contribution in [-0.4, -0.2) is 26.4 Å². The molecule has 36 heavy (non-hydrogen) atoms. The first-order valence-corrected chi connectivity index (χ1v) is 12.5. The van der Waals surface area contributed by atoms with Crippen molar-refractivity contribution in [2.75, 3.05) is 11.1 Å². The zero-order valence-corrected chi connectivity index (χ0v) is 20.5. The molecule has 5 aromatic rings. The highest BCUT2D eigenvalue weighted by atomic mass is 32.2. The summed E-state index contributed by atoms with van der Waals surface area (Å²) < 4.78 is 7.81. The van der Waals surface area contributed by atoms with Crippen molar-refractivity contribution in [3.63, 3.8) is 0 Å². The minimum Gasteiger partial charge on any atom is -0.457 e. The Morgan fingerprint density at radius 2 is 1.53 bits per heavy atom. The molecule has 4 aromatic carbocycles. The van der Waals surface area contributed by atoms with Crippen molar-refractivity contribution in [1.82, 2.24) is 14.8 Å². The van der Waals surface area contributed by atoms with E-state index in [9.17, 15) is 4.79 Å². The van der Waals surface area contributed by atoms with E-state index in [1.54, 1.807) is 0 Å². The number of aryl methyl sites for hydroxylation is 1. The molecule has 1 heterocycles. The third kappa shape index (κ3) is 5.64. The van der Waals surface area contributed by atoms with Crippen LogP contribution in [0.3, 0.4) is 0 Å². The maximum Gasteiger partial charge on any atom is 0.234 e. The fraction of sp³-hybridized carbons (Fsp3) is 0.0690. The molecule has 6 nitrogen and oxygen atoms in total. The molecule has 1 amide bonds. The fourth-order valence-electron chi connectivity index (χ4n) is 3.70. The topological polar surface area (TPSA) is 69.0 Å². The Morgan fingerprint density at radius 3 is 2.25 bits per heavy atom. The van der Waals surface area contributed by atoms with Crippen molar-refractivity contribution < 1.29 is 9.53 Å². The van der Waals surface area contributed by atoms with Crippen LogP contribution in [0.5, 0.6) is 11.5 Å². The number of hydrogen-bond donors (Lipinski definition) is 1. The van der Waals surface area contributed by atoms with Gasteiger partial charge < -0.3 is 10.1 Å². The Morgan fingerprint density at radius 1 is 0.833 bits per heavy atom. The van der Waals surface area contributed by atoms with Gasteiger partial charge in [0.15, 0.2) is 11.0 Å². The number of rotatable bonds is 8. The number of para-hydroxylation sites is 1. The molecule has 7 heteroatoms. The first-order valence-electron chi connectivity index (χ1n) is 11.5. The van der Waals surface area contributed by atoms with E-state index in [1.165, 1.54) is 11.8 Å². The van der Waals surface area contributed by atoms with Crippen LogP contribution in [-0.2, 0) is 4.79 Å². The van der Waals surface area contributed by atoms with Crippen molar-refractivity contribution >= 4 is 23.4 Å². The quantitative estimate of drug-likeness (QED) is 0.242. The van der Waals surface area contributed by atoms with Gasteiger partial charge in [-0.25, -0.2) is 0 Å². The predicted octanol–water partition coefficient (Wildman–Crippen LogP) is 6.77. The van der Waals surface area contributed by atoms with Gasteiger partial charge in [0.05, 0.1) is 5.75 Å². The molecule has 0 radical (unpaired) electrons. The van der Waals surface area contributed by atoms with E-state index in [0.717, 1.165) is 28.4 Å². The Bertz CT molecular complexity index is 1450. The van der Waals surface area contributed by atoms with Crippen LogP contribution >= 0.6 is 11.8 Å². The van der Waals surface area contributed by atoms with Crippen LogP contribution in [0.4, 0.5) is 5.69 Å². The average molecular weight is 493 g/mol. The van der Waals surface area contributed by atoms with Gasteiger partial charge in [0.2, 0.25) is 5.91 Å². The molecule has 178 valence electrons. The van der Waals surface area contributed by atoms with Gasteiger partial charge in [-0.15, -0.1) is 10.2 Å². The van der Waals surface area contributed by atoms with E-state index in [0.29, 0.717) is 16.6 Å². The molecule has 0 spiro atoms. The Balaban J connectivity index is 1.28. The van der Waals surface area contributed by atoms with Crippen LogP contribution in [0.25, 0.3) is 17.1 Å². The maximum absolute atomic E-state index is 12.7. The normalized spacial score (nSPS) is 10.7. The number of hydrogen-bond acceptors (Lipinski definition) is 5. The monoisotopic (exact) mass is 492 g/mol. The SMILES string of the molecule is Cc1cccc(-n2c(SCC(=O)Nc3ccc(Oc4ccccc4)cc3)nnc2-c2ccccc2)c1. The Hall–Kier alpha value is -4.36. The Kier molecular flexibility index (Phi) is 7.10. The second kappa shape index (κ2) is 10.9. The van der Waals surface area contributed by atoms with Crippen molar-refractivity contribution in [3.8, 4) is 28.6 Å². The molecular formula is C29H24N4O2S. The van der Waals surface area contributed by atoms with Crippen LogP contribution in [0.15, 0.2) is 114 Å². The number of thioether (sulfide) groups is 1. The summed E-state index contributed by atoms with van der Waals surface area (Å²) in [7, 11) is 0. The number of carbonyl (C=O) groups is 1. The highest BCUT2D eigenvalue weighted by molar-refractivity contribution is 7.99. The number of anilines is 1. The zero-order valence-electron chi connectivity index (χ0n) is 19.7. The van der Waals surface area contributed by atoms with Crippen molar-refractivity contribution in [2.24, 2.45) is 0 Å². The molecule has 0 fully saturated rings. The van der Waals surface area contributed by atoms with Gasteiger partial charge in [0, 0.05) is 16.9 Å². The summed E-state index contributed by atoms with van der Waals surface area (Å²) in [6.45, 7) is 2.05. The van der Waals surface area contributed by atoms with Gasteiger partial charge in [0.25, 0.3) is 0 Å². The van der Waals surface area contributed by atoms with Crippen LogP contribution in [0.1, 0.15) is 5.56 Å². The average Bonchev–Trinajstić information content (AvgIpc) is 3.34. The van der Waals surface area contributed by atoms with E-state index in [4.69, 9.17) is 4.74 Å². The van der Waals surface area contributed by atoms with E-state index < -0.39 is 0 Å². The lowest BCUT2D eigenvalue weighted by Gasteiger charge is -2.11. The summed E-state index contributed by atoms with van der Waals surface area (Å²) in [6.07, 6.45) is 0. The van der Waals surface area contributed by atoms with E-state index in [-0.39, 0.29) is 11.7 Å². The molecule has 0 aliphatic rings. The number of nitrogens with one attached hydrogen (secondary N) is 1. The predicted molar refractivity (Wildman–Crippen MR) is 144 cm³/mol. The van der Waals surface area contributed by atoms with Crippen LogP contribution < -0.4 is 10.1 Å². The number of amides is 1. The maximum atomic E-state index is 12.7. The highest BCUT2D eigenvalue weighted by Gasteiger charge is 2.17. The summed E-state index contributed by atoms with van der Waals surface area (Å²) in [6, 6.07) is 35.0. The molecule has 0 bridgehead atoms. The Labute approximate surface area is 214 Å². The molecule has 5 rings (SSSR count). The lowest BCUT2D eigenvalue weighted by Crippen LogP contribution is -2.14. The smallest absolute Gasteiger partial charge is 0.234 e. The first-order chi connectivity index (χ1) is 17.7. The summed E-state index contributed by atoms with van der Waals surface area (Å²) >= 11 is 1.35. The van der Waals surface area contributed by atoms with Gasteiger partial charge in [-0.2, -0.15) is 0 Å². The lowest BCUT2D eigenvalue weighted by atomic mass is 10.2. The minimum absolute atomic E-state index is 0.128. The van der Waals surface area contributed by atoms with Gasteiger partial charge in [0.1, 0.15) is 11.5 Å². The van der Waals surface area contributed by atoms with E-state index in [2.05, 4.69) is 21.6 Å². The van der Waals surface area contributed by atoms with Crippen molar-refractivity contribution in [3.05, 3.63) is 115 Å². The largest absolute Gasteiger partial charge is 0.457 e. The fourth-order valence-corrected chi connectivity index (χ4v) is 4.45. The van der Waals surface area contributed by atoms with Gasteiger partial charge in [-0.1, -0.05) is 72.4 Å². The van der Waals surface area contributed by atoms with Crippen LogP contribution in [0, 0.1) is 6.92 Å². The van der Waals surface area contributed by atoms with E-state index in [1.807, 2.05) is 115 Å². The molecule has 0 saturated carbocycles. The summed E-state index contributed by atoms with van der Waals surface area (Å²) in [5.74, 6) is 2.27. The number of benzene rings is 4. The molecule has 1 N–H and O–H groups in total. The number of nitrogens with zero attached hydrogens (tertiary/aromatic N) is 3. The second-order valence-corrected chi connectivity index (χ2v) is 9.07. The van der Waals surface area contributed by atoms with Crippen LogP contribution in [0.2, 0.25) is 0 Å². The third-order valence-electron chi connectivity index (χ3n) is 5.37. The number of carbonyl (C=O) groups excluding carboxylic acids is 1. The lowest BCUT2D eigenvalue weighted by molar-refractivity contribution is -0.113. The highest BCUT2D eigenvalue weighted by Crippen LogP contribution is 2.29. The molecule has 1 aromatic heterocycles. The molecule has 0 aliphatic heterocycles. The van der Waals surface area contributed by atoms with Gasteiger partial charge in [-0.05, 0) is 61.0 Å². The standard InChI is InChI=1S/C29H24N4O2S/c1-21-9-8-12-24(19-21)33-28(22-10-4-2-5-11-22)31-32-29(33)36-20-27(34)30-23-15-17-26(18-16-23)35-25-13-6-3-7-14-25/h2-19H,20H2,1H3,(H,30,34). The van der Waals surface area contributed by atoms with Gasteiger partial charge in [-0.3, -0.25) is 9.36 Å². The summed E-state index contributed by atoms with van der Waals surface area (Å²) in [4.78, 5) is 12.7. The molecule has 0 aliphatic carbocycles. The first kappa shape index (κ1) is 23.4. The summed E-state index contributed by atoms with van der Waals surface area (Å²) in [5, 5.41) is 12.4. The molecule has 0 atom stereocenters. The molecule has 0 saturated heterocycles. The molecular weight excluding hydrogens is 468 g/mol. The minimum atomic E-state index is -0.128. The van der Waals surface area contributed by atoms with Crippen molar-refractivity contribution in [2.45, 2.75) is 12.1 Å². The van der Waals surface area contributed by atoms with E-state index >= 15 is 0 Å². The summed E-state index contributed by atoms with van der Waals surface area (Å²) in [5.41, 5.74) is 3.75. The molecule has 0 unspecified atom stereocenters. The second-order valence-electron chi connectivity index (χ2n) is 8.12. The van der Waals surface area contributed by atoms with Crippen molar-refractivity contribution in [1.29, 1.82) is 0 Å². The number of aromatic nitrogens is 3. The third-order valence-corrected chi connectivity index (χ3v) is 6.30.